The summed E-state index contributed by atoms with van der Waals surface area (Å²) in [6.07, 6.45) is 10.0. The lowest BCUT2D eigenvalue weighted by atomic mass is 10.1. The Bertz CT molecular complexity index is 449. The second kappa shape index (κ2) is 4.94. The molecule has 16 heavy (non-hydrogen) atoms. The highest BCUT2D eigenvalue weighted by atomic mass is 35.5. The molecule has 1 aromatic heterocycles. The molecule has 0 fully saturated rings. The van der Waals surface area contributed by atoms with E-state index in [0.29, 0.717) is 10.7 Å². The number of allylic oxidation sites excluding steroid dienone is 3. The van der Waals surface area contributed by atoms with Crippen molar-refractivity contribution >= 4 is 17.5 Å². The molecule has 3 nitrogen and oxygen atoms in total. The van der Waals surface area contributed by atoms with Gasteiger partial charge in [0.25, 0.3) is 5.91 Å². The van der Waals surface area contributed by atoms with Crippen molar-refractivity contribution in [2.75, 3.05) is 0 Å². The number of hydrogen-bond donors (Lipinski definition) is 1. The van der Waals surface area contributed by atoms with Crippen molar-refractivity contribution < 1.29 is 4.79 Å². The number of hydrogen-bond acceptors (Lipinski definition) is 2. The Morgan fingerprint density at radius 3 is 2.94 bits per heavy atom. The van der Waals surface area contributed by atoms with E-state index < -0.39 is 0 Å². The molecule has 0 atom stereocenters. The summed E-state index contributed by atoms with van der Waals surface area (Å²) >= 11 is 5.69. The smallest absolute Gasteiger partial charge is 0.274 e. The zero-order valence-electron chi connectivity index (χ0n) is 8.48. The number of nitrogens with one attached hydrogen (secondary N) is 1. The van der Waals surface area contributed by atoms with Crippen LogP contribution < -0.4 is 5.32 Å². The first-order valence-corrected chi connectivity index (χ1v) is 5.26. The van der Waals surface area contributed by atoms with Crippen LogP contribution in [0.25, 0.3) is 0 Å². The first kappa shape index (κ1) is 10.9. The monoisotopic (exact) mass is 233 g/mol. The Labute approximate surface area is 98.8 Å². The number of pyridine rings is 1. The number of rotatable bonds is 2. The van der Waals surface area contributed by atoms with E-state index in [-0.39, 0.29) is 5.91 Å². The van der Waals surface area contributed by atoms with Crippen LogP contribution in [0.2, 0.25) is 5.02 Å². The first-order chi connectivity index (χ1) is 7.75. The molecule has 1 radical (unpaired) electrons. The molecule has 0 unspecified atom stereocenters. The quantitative estimate of drug-likeness (QED) is 0.853. The minimum absolute atomic E-state index is 0.233. The number of amides is 1. The van der Waals surface area contributed by atoms with E-state index in [4.69, 9.17) is 11.6 Å². The molecule has 81 valence electrons. The summed E-state index contributed by atoms with van der Waals surface area (Å²) in [4.78, 5) is 15.7. The molecule has 1 amide bonds. The van der Waals surface area contributed by atoms with Gasteiger partial charge < -0.3 is 5.32 Å². The summed E-state index contributed by atoms with van der Waals surface area (Å²) in [5.41, 5.74) is 1.12. The van der Waals surface area contributed by atoms with Gasteiger partial charge in [0.2, 0.25) is 0 Å². The van der Waals surface area contributed by atoms with Crippen LogP contribution in [0.1, 0.15) is 16.9 Å². The van der Waals surface area contributed by atoms with E-state index in [0.717, 1.165) is 12.1 Å². The minimum atomic E-state index is -0.233. The van der Waals surface area contributed by atoms with Crippen LogP contribution in [0.5, 0.6) is 0 Å². The third-order valence-corrected chi connectivity index (χ3v) is 2.31. The van der Waals surface area contributed by atoms with Gasteiger partial charge in [-0.25, -0.2) is 4.98 Å². The van der Waals surface area contributed by atoms with Crippen molar-refractivity contribution in [2.24, 2.45) is 0 Å². The number of carbonyl (C=O) groups excluding carboxylic acids is 1. The van der Waals surface area contributed by atoms with Crippen molar-refractivity contribution in [3.05, 3.63) is 59.4 Å². The van der Waals surface area contributed by atoms with Gasteiger partial charge in [0.15, 0.2) is 0 Å². The van der Waals surface area contributed by atoms with Gasteiger partial charge in [-0.3, -0.25) is 4.79 Å². The van der Waals surface area contributed by atoms with Crippen LogP contribution in [0.15, 0.2) is 42.3 Å². The normalized spacial score (nSPS) is 14.4. The number of carbonyl (C=O) groups is 1. The maximum absolute atomic E-state index is 11.7. The Morgan fingerprint density at radius 1 is 1.44 bits per heavy atom. The van der Waals surface area contributed by atoms with Crippen LogP contribution in [-0.4, -0.2) is 10.9 Å². The van der Waals surface area contributed by atoms with Crippen molar-refractivity contribution in [3.63, 3.8) is 0 Å². The molecule has 0 aromatic carbocycles. The highest BCUT2D eigenvalue weighted by molar-refractivity contribution is 6.30. The van der Waals surface area contributed by atoms with Gasteiger partial charge in [0.1, 0.15) is 5.69 Å². The van der Waals surface area contributed by atoms with Gasteiger partial charge in [-0.1, -0.05) is 23.8 Å². The summed E-state index contributed by atoms with van der Waals surface area (Å²) in [5.74, 6) is -0.233. The van der Waals surface area contributed by atoms with Crippen LogP contribution >= 0.6 is 11.6 Å². The molecular formula is C12H10ClN2O. The molecule has 4 heteroatoms. The van der Waals surface area contributed by atoms with E-state index in [1.807, 2.05) is 24.6 Å². The number of halogens is 1. The number of aromatic nitrogens is 1. The Morgan fingerprint density at radius 2 is 2.31 bits per heavy atom. The molecular weight excluding hydrogens is 224 g/mol. The standard InChI is InChI=1S/C12H10ClN2O/c13-9-6-7-11(14-8-9)12(16)15-10-4-2-1-3-5-10/h2-8H,1H2,(H,15,16). The molecule has 1 aliphatic rings. The predicted octanol–water partition coefficient (Wildman–Crippen LogP) is 2.51. The third-order valence-electron chi connectivity index (χ3n) is 2.08. The predicted molar refractivity (Wildman–Crippen MR) is 62.9 cm³/mol. The van der Waals surface area contributed by atoms with Crippen LogP contribution in [0.4, 0.5) is 0 Å². The van der Waals surface area contributed by atoms with Crippen molar-refractivity contribution in [1.82, 2.24) is 10.3 Å². The lowest BCUT2D eigenvalue weighted by molar-refractivity contribution is 0.0962. The molecule has 1 aliphatic carbocycles. The maximum Gasteiger partial charge on any atom is 0.274 e. The first-order valence-electron chi connectivity index (χ1n) is 4.88. The SMILES string of the molecule is O=C(NC1=C[CH]CC=C1)c1ccc(Cl)cn1. The highest BCUT2D eigenvalue weighted by Gasteiger charge is 2.08. The van der Waals surface area contributed by atoms with E-state index in [9.17, 15) is 4.79 Å². The second-order valence-electron chi connectivity index (χ2n) is 3.31. The summed E-state index contributed by atoms with van der Waals surface area (Å²) in [5, 5.41) is 3.27. The molecule has 0 saturated heterocycles. The fourth-order valence-electron chi connectivity index (χ4n) is 1.31. The zero-order valence-corrected chi connectivity index (χ0v) is 9.24. The van der Waals surface area contributed by atoms with Gasteiger partial charge in [0, 0.05) is 11.9 Å². The fourth-order valence-corrected chi connectivity index (χ4v) is 1.42. The molecule has 1 heterocycles. The lowest BCUT2D eigenvalue weighted by Crippen LogP contribution is -2.23. The van der Waals surface area contributed by atoms with Crippen molar-refractivity contribution in [3.8, 4) is 0 Å². The third kappa shape index (κ3) is 2.70. The summed E-state index contributed by atoms with van der Waals surface area (Å²) in [6, 6.07) is 3.23. The largest absolute Gasteiger partial charge is 0.321 e. The fraction of sp³-hybridized carbons (Fsp3) is 0.0833. The second-order valence-corrected chi connectivity index (χ2v) is 3.75. The van der Waals surface area contributed by atoms with E-state index in [1.54, 1.807) is 12.1 Å². The minimum Gasteiger partial charge on any atom is -0.321 e. The molecule has 1 N–H and O–H groups in total. The lowest BCUT2D eigenvalue weighted by Gasteiger charge is -2.08. The molecule has 0 aliphatic heterocycles. The summed E-state index contributed by atoms with van der Waals surface area (Å²) in [6.45, 7) is 0. The average molecular weight is 234 g/mol. The van der Waals surface area contributed by atoms with Gasteiger partial charge in [-0.15, -0.1) is 0 Å². The van der Waals surface area contributed by atoms with Gasteiger partial charge >= 0.3 is 0 Å². The average Bonchev–Trinajstić information content (AvgIpc) is 2.31. The van der Waals surface area contributed by atoms with E-state index in [1.165, 1.54) is 6.20 Å². The zero-order chi connectivity index (χ0) is 11.4. The van der Waals surface area contributed by atoms with Crippen LogP contribution in [0, 0.1) is 6.42 Å². The topological polar surface area (TPSA) is 42.0 Å². The van der Waals surface area contributed by atoms with Crippen molar-refractivity contribution in [2.45, 2.75) is 6.42 Å². The molecule has 1 aromatic rings. The molecule has 0 spiro atoms. The van der Waals surface area contributed by atoms with Crippen LogP contribution in [-0.2, 0) is 0 Å². The van der Waals surface area contributed by atoms with Gasteiger partial charge in [-0.2, -0.15) is 0 Å². The van der Waals surface area contributed by atoms with Gasteiger partial charge in [-0.05, 0) is 31.1 Å². The Kier molecular flexibility index (Phi) is 3.37. The van der Waals surface area contributed by atoms with Gasteiger partial charge in [0.05, 0.1) is 5.02 Å². The number of nitrogens with zero attached hydrogens (tertiary/aromatic N) is 1. The molecule has 0 bridgehead atoms. The van der Waals surface area contributed by atoms with Crippen LogP contribution in [0.3, 0.4) is 0 Å². The van der Waals surface area contributed by atoms with Crippen molar-refractivity contribution in [1.29, 1.82) is 0 Å². The summed E-state index contributed by atoms with van der Waals surface area (Å²) < 4.78 is 0. The molecule has 2 rings (SSSR count). The van der Waals surface area contributed by atoms with E-state index in [2.05, 4.69) is 10.3 Å². The Balaban J connectivity index is 2.05. The van der Waals surface area contributed by atoms with E-state index >= 15 is 0 Å². The Hall–Kier alpha value is -1.61. The molecule has 0 saturated carbocycles. The summed E-state index contributed by atoms with van der Waals surface area (Å²) in [7, 11) is 0. The maximum atomic E-state index is 11.7. The highest BCUT2D eigenvalue weighted by Crippen LogP contribution is 2.09.